The van der Waals surface area contributed by atoms with Crippen molar-refractivity contribution in [3.05, 3.63) is 48.3 Å². The lowest BCUT2D eigenvalue weighted by Gasteiger charge is -2.12. The fraction of sp³-hybridized carbons (Fsp3) is 0.118. The summed E-state index contributed by atoms with van der Waals surface area (Å²) >= 11 is 0. The quantitative estimate of drug-likeness (QED) is 0.744. The number of methoxy groups -OCH3 is 2. The Labute approximate surface area is 137 Å². The Kier molecular flexibility index (Phi) is 4.15. The first-order valence-corrected chi connectivity index (χ1v) is 7.10. The van der Waals surface area contributed by atoms with E-state index in [0.29, 0.717) is 22.8 Å². The third kappa shape index (κ3) is 2.79. The maximum absolute atomic E-state index is 10.9. The molecule has 7 heteroatoms. The van der Waals surface area contributed by atoms with Crippen LogP contribution in [0.25, 0.3) is 10.9 Å². The van der Waals surface area contributed by atoms with Crippen molar-refractivity contribution in [2.75, 3.05) is 19.5 Å². The first-order valence-electron chi connectivity index (χ1n) is 7.10. The van der Waals surface area contributed by atoms with Crippen LogP contribution < -0.4 is 14.8 Å². The zero-order chi connectivity index (χ0) is 17.1. The predicted molar refractivity (Wildman–Crippen MR) is 89.3 cm³/mol. The molecule has 0 bridgehead atoms. The fourth-order valence-electron chi connectivity index (χ4n) is 2.38. The van der Waals surface area contributed by atoms with Crippen LogP contribution in [0.3, 0.4) is 0 Å². The van der Waals surface area contributed by atoms with Crippen molar-refractivity contribution >= 4 is 28.4 Å². The van der Waals surface area contributed by atoms with E-state index in [1.807, 2.05) is 6.07 Å². The van der Waals surface area contributed by atoms with Gasteiger partial charge in [-0.05, 0) is 36.4 Å². The largest absolute Gasteiger partial charge is 0.493 e. The van der Waals surface area contributed by atoms with E-state index < -0.39 is 5.97 Å². The van der Waals surface area contributed by atoms with Crippen molar-refractivity contribution in [3.63, 3.8) is 0 Å². The summed E-state index contributed by atoms with van der Waals surface area (Å²) in [6.45, 7) is 0. The third-order valence-electron chi connectivity index (χ3n) is 3.54. The smallest absolute Gasteiger partial charge is 0.335 e. The summed E-state index contributed by atoms with van der Waals surface area (Å²) in [4.78, 5) is 19.4. The number of carboxylic acid groups (broad SMARTS) is 1. The average molecular weight is 325 g/mol. The number of aromatic nitrogens is 2. The molecule has 0 aliphatic carbocycles. The number of nitrogens with zero attached hydrogens (tertiary/aromatic N) is 2. The van der Waals surface area contributed by atoms with Gasteiger partial charge in [-0.2, -0.15) is 0 Å². The van der Waals surface area contributed by atoms with Crippen LogP contribution in [0.2, 0.25) is 0 Å². The minimum atomic E-state index is -0.967. The molecule has 2 N–H and O–H groups in total. The molecule has 0 saturated carbocycles. The van der Waals surface area contributed by atoms with E-state index >= 15 is 0 Å². The van der Waals surface area contributed by atoms with Crippen LogP contribution in [0.5, 0.6) is 11.5 Å². The number of fused-ring (bicyclic) bond motifs is 1. The van der Waals surface area contributed by atoms with Crippen molar-refractivity contribution < 1.29 is 19.4 Å². The van der Waals surface area contributed by atoms with E-state index in [1.54, 1.807) is 32.4 Å². The highest BCUT2D eigenvalue weighted by molar-refractivity contribution is 5.96. The number of aromatic carboxylic acids is 1. The molecule has 0 unspecified atom stereocenters. The number of carbonyl (C=O) groups is 1. The summed E-state index contributed by atoms with van der Waals surface area (Å²) in [5.41, 5.74) is 1.56. The third-order valence-corrected chi connectivity index (χ3v) is 3.54. The van der Waals surface area contributed by atoms with Crippen LogP contribution in [0.1, 0.15) is 10.4 Å². The second-order valence-corrected chi connectivity index (χ2v) is 4.93. The molecule has 1 heterocycles. The number of hydrogen-bond donors (Lipinski definition) is 2. The van der Waals surface area contributed by atoms with Crippen LogP contribution in [-0.4, -0.2) is 35.3 Å². The second-order valence-electron chi connectivity index (χ2n) is 4.93. The molecule has 0 aliphatic heterocycles. The number of nitrogens with one attached hydrogen (secondary N) is 1. The molecule has 0 atom stereocenters. The lowest BCUT2D eigenvalue weighted by Crippen LogP contribution is -2.00. The van der Waals surface area contributed by atoms with E-state index in [2.05, 4.69) is 15.3 Å². The molecule has 0 amide bonds. The van der Waals surface area contributed by atoms with Gasteiger partial charge < -0.3 is 19.9 Å². The lowest BCUT2D eigenvalue weighted by molar-refractivity contribution is 0.0697. The molecular weight excluding hydrogens is 310 g/mol. The Bertz CT molecular complexity index is 894. The van der Waals surface area contributed by atoms with Crippen molar-refractivity contribution in [1.82, 2.24) is 9.97 Å². The van der Waals surface area contributed by atoms with Gasteiger partial charge in [0.1, 0.15) is 17.7 Å². The maximum atomic E-state index is 10.9. The first kappa shape index (κ1) is 15.5. The van der Waals surface area contributed by atoms with Crippen LogP contribution in [-0.2, 0) is 0 Å². The summed E-state index contributed by atoms with van der Waals surface area (Å²) in [7, 11) is 3.12. The summed E-state index contributed by atoms with van der Waals surface area (Å²) in [5, 5.41) is 12.9. The molecule has 7 nitrogen and oxygen atoms in total. The molecule has 122 valence electrons. The minimum Gasteiger partial charge on any atom is -0.493 e. The highest BCUT2D eigenvalue weighted by atomic mass is 16.5. The maximum Gasteiger partial charge on any atom is 0.335 e. The van der Waals surface area contributed by atoms with Crippen LogP contribution in [0, 0.1) is 0 Å². The standard InChI is InChI=1S/C17H15N3O4/c1-23-13-8-7-12-14(15(13)24-2)18-9-19-16(12)20-11-5-3-10(4-6-11)17(21)22/h3-9H,1-2H3,(H,21,22)(H,18,19,20). The van der Waals surface area contributed by atoms with Crippen molar-refractivity contribution in [1.29, 1.82) is 0 Å². The molecule has 0 saturated heterocycles. The summed E-state index contributed by atoms with van der Waals surface area (Å²) in [6.07, 6.45) is 1.43. The fourth-order valence-corrected chi connectivity index (χ4v) is 2.38. The van der Waals surface area contributed by atoms with Crippen LogP contribution >= 0.6 is 0 Å². The summed E-state index contributed by atoms with van der Waals surface area (Å²) in [5.74, 6) is 0.733. The normalized spacial score (nSPS) is 10.4. The van der Waals surface area contributed by atoms with E-state index in [4.69, 9.17) is 14.6 Å². The number of hydrogen-bond acceptors (Lipinski definition) is 6. The molecule has 3 aromatic rings. The monoisotopic (exact) mass is 325 g/mol. The van der Waals surface area contributed by atoms with Gasteiger partial charge in [-0.1, -0.05) is 0 Å². The van der Waals surface area contributed by atoms with Gasteiger partial charge in [0.25, 0.3) is 0 Å². The Morgan fingerprint density at radius 3 is 2.42 bits per heavy atom. The van der Waals surface area contributed by atoms with Gasteiger partial charge in [0, 0.05) is 11.1 Å². The van der Waals surface area contributed by atoms with E-state index in [0.717, 1.165) is 11.1 Å². The molecule has 2 aromatic carbocycles. The summed E-state index contributed by atoms with van der Waals surface area (Å²) in [6, 6.07) is 10.0. The minimum absolute atomic E-state index is 0.222. The van der Waals surface area contributed by atoms with Gasteiger partial charge >= 0.3 is 5.97 Å². The topological polar surface area (TPSA) is 93.6 Å². The van der Waals surface area contributed by atoms with Gasteiger partial charge in [0.2, 0.25) is 0 Å². The molecular formula is C17H15N3O4. The molecule has 0 spiro atoms. The van der Waals surface area contributed by atoms with Gasteiger partial charge in [-0.15, -0.1) is 0 Å². The second kappa shape index (κ2) is 6.41. The van der Waals surface area contributed by atoms with Crippen LogP contribution in [0.4, 0.5) is 11.5 Å². The van der Waals surface area contributed by atoms with E-state index in [9.17, 15) is 4.79 Å². The SMILES string of the molecule is COc1ccc2c(Nc3ccc(C(=O)O)cc3)ncnc2c1OC. The number of rotatable bonds is 5. The number of ether oxygens (including phenoxy) is 2. The lowest BCUT2D eigenvalue weighted by atomic mass is 10.2. The summed E-state index contributed by atoms with van der Waals surface area (Å²) < 4.78 is 10.7. The highest BCUT2D eigenvalue weighted by Crippen LogP contribution is 2.36. The Balaban J connectivity index is 2.02. The first-order chi connectivity index (χ1) is 11.6. The van der Waals surface area contributed by atoms with Crippen LogP contribution in [0.15, 0.2) is 42.7 Å². The molecule has 24 heavy (non-hydrogen) atoms. The van der Waals surface area contributed by atoms with Gasteiger partial charge in [0.15, 0.2) is 11.5 Å². The Morgan fingerprint density at radius 1 is 1.04 bits per heavy atom. The van der Waals surface area contributed by atoms with Gasteiger partial charge in [-0.3, -0.25) is 0 Å². The van der Waals surface area contributed by atoms with Gasteiger partial charge in [-0.25, -0.2) is 14.8 Å². The van der Waals surface area contributed by atoms with Crippen molar-refractivity contribution in [3.8, 4) is 11.5 Å². The average Bonchev–Trinajstić information content (AvgIpc) is 2.61. The molecule has 0 aliphatic rings. The van der Waals surface area contributed by atoms with Crippen molar-refractivity contribution in [2.24, 2.45) is 0 Å². The molecule has 0 fully saturated rings. The number of anilines is 2. The highest BCUT2D eigenvalue weighted by Gasteiger charge is 2.13. The zero-order valence-electron chi connectivity index (χ0n) is 13.1. The number of carboxylic acids is 1. The van der Waals surface area contributed by atoms with Gasteiger partial charge in [0.05, 0.1) is 19.8 Å². The Morgan fingerprint density at radius 2 is 1.79 bits per heavy atom. The zero-order valence-corrected chi connectivity index (χ0v) is 13.1. The predicted octanol–water partition coefficient (Wildman–Crippen LogP) is 3.09. The number of benzene rings is 2. The molecule has 3 rings (SSSR count). The van der Waals surface area contributed by atoms with E-state index in [1.165, 1.54) is 18.5 Å². The Hall–Kier alpha value is -3.35. The van der Waals surface area contributed by atoms with E-state index in [-0.39, 0.29) is 5.56 Å². The molecule has 0 radical (unpaired) electrons. The molecule has 1 aromatic heterocycles. The van der Waals surface area contributed by atoms with Crippen molar-refractivity contribution in [2.45, 2.75) is 0 Å².